The summed E-state index contributed by atoms with van der Waals surface area (Å²) >= 11 is 0. The minimum absolute atomic E-state index is 0.904. The van der Waals surface area contributed by atoms with E-state index in [-0.39, 0.29) is 0 Å². The Kier molecular flexibility index (Phi) is 2.85. The monoisotopic (exact) mass is 229 g/mol. The van der Waals surface area contributed by atoms with Crippen LogP contribution in [0.2, 0.25) is 0 Å². The van der Waals surface area contributed by atoms with Gasteiger partial charge in [0.05, 0.1) is 17.4 Å². The van der Waals surface area contributed by atoms with Crippen LogP contribution in [0.1, 0.15) is 25.3 Å². The van der Waals surface area contributed by atoms with Crippen LogP contribution in [0.15, 0.2) is 24.5 Å². The zero-order chi connectivity index (χ0) is 11.7. The molecule has 0 atom stereocenters. The zero-order valence-electron chi connectivity index (χ0n) is 10.3. The topological polar surface area (TPSA) is 31.9 Å². The Morgan fingerprint density at radius 3 is 3.00 bits per heavy atom. The lowest BCUT2D eigenvalue weighted by Crippen LogP contribution is -2.32. The van der Waals surface area contributed by atoms with Crippen LogP contribution in [-0.4, -0.2) is 28.0 Å². The van der Waals surface area contributed by atoms with Crippen LogP contribution in [0.4, 0.5) is 0 Å². The molecule has 2 aromatic rings. The Hall–Kier alpha value is -1.35. The van der Waals surface area contributed by atoms with Crippen LogP contribution < -0.4 is 0 Å². The summed E-state index contributed by atoms with van der Waals surface area (Å²) in [4.78, 5) is 9.98. The summed E-state index contributed by atoms with van der Waals surface area (Å²) in [7, 11) is 0. The third kappa shape index (κ3) is 2.34. The Bertz CT molecular complexity index is 495. The maximum absolute atomic E-state index is 4.25. The first-order valence-corrected chi connectivity index (χ1v) is 6.45. The van der Waals surface area contributed by atoms with E-state index in [1.54, 1.807) is 6.33 Å². The molecule has 1 N–H and O–H groups in total. The minimum atomic E-state index is 0.904. The molecule has 17 heavy (non-hydrogen) atoms. The van der Waals surface area contributed by atoms with Gasteiger partial charge in [-0.1, -0.05) is 13.0 Å². The summed E-state index contributed by atoms with van der Waals surface area (Å²) < 4.78 is 0. The molecule has 3 heteroatoms. The smallest absolute Gasteiger partial charge is 0.0931 e. The van der Waals surface area contributed by atoms with Gasteiger partial charge in [0.1, 0.15) is 0 Å². The van der Waals surface area contributed by atoms with Gasteiger partial charge in [0.15, 0.2) is 0 Å². The summed E-state index contributed by atoms with van der Waals surface area (Å²) in [6.45, 7) is 5.90. The van der Waals surface area contributed by atoms with E-state index >= 15 is 0 Å². The van der Waals surface area contributed by atoms with Crippen molar-refractivity contribution < 1.29 is 0 Å². The second kappa shape index (κ2) is 4.49. The molecule has 1 aliphatic heterocycles. The van der Waals surface area contributed by atoms with E-state index in [2.05, 4.69) is 40.0 Å². The Morgan fingerprint density at radius 1 is 1.35 bits per heavy atom. The van der Waals surface area contributed by atoms with E-state index in [9.17, 15) is 0 Å². The number of hydrogen-bond donors (Lipinski definition) is 1. The van der Waals surface area contributed by atoms with E-state index in [1.807, 2.05) is 0 Å². The molecule has 0 amide bonds. The summed E-state index contributed by atoms with van der Waals surface area (Å²) in [5.74, 6) is 0.904. The van der Waals surface area contributed by atoms with Crippen molar-refractivity contribution in [2.24, 2.45) is 5.92 Å². The maximum atomic E-state index is 4.25. The molecule has 0 saturated carbocycles. The SMILES string of the molecule is CC1CCN(Cc2ccc3nc[nH]c3c2)CC1. The molecule has 3 nitrogen and oxygen atoms in total. The lowest BCUT2D eigenvalue weighted by atomic mass is 9.99. The van der Waals surface area contributed by atoms with Gasteiger partial charge in [-0.3, -0.25) is 4.90 Å². The van der Waals surface area contributed by atoms with Crippen molar-refractivity contribution in [2.45, 2.75) is 26.3 Å². The van der Waals surface area contributed by atoms with E-state index < -0.39 is 0 Å². The highest BCUT2D eigenvalue weighted by Crippen LogP contribution is 2.19. The van der Waals surface area contributed by atoms with Crippen molar-refractivity contribution in [2.75, 3.05) is 13.1 Å². The van der Waals surface area contributed by atoms with Gasteiger partial charge in [-0.25, -0.2) is 4.98 Å². The standard InChI is InChI=1S/C14H19N3/c1-11-4-6-17(7-5-11)9-12-2-3-13-14(8-12)16-10-15-13/h2-3,8,10-11H,4-7,9H2,1H3,(H,15,16). The first-order valence-electron chi connectivity index (χ1n) is 6.45. The lowest BCUT2D eigenvalue weighted by molar-refractivity contribution is 0.185. The molecule has 3 rings (SSSR count). The fourth-order valence-electron chi connectivity index (χ4n) is 2.56. The van der Waals surface area contributed by atoms with Gasteiger partial charge in [0.2, 0.25) is 0 Å². The number of nitrogens with one attached hydrogen (secondary N) is 1. The number of H-pyrrole nitrogens is 1. The van der Waals surface area contributed by atoms with Crippen LogP contribution in [0.25, 0.3) is 11.0 Å². The molecule has 0 bridgehead atoms. The van der Waals surface area contributed by atoms with Crippen LogP contribution in [0, 0.1) is 5.92 Å². The lowest BCUT2D eigenvalue weighted by Gasteiger charge is -2.30. The first kappa shape index (κ1) is 10.8. The Balaban J connectivity index is 1.71. The second-order valence-electron chi connectivity index (χ2n) is 5.21. The number of aromatic amines is 1. The molecule has 2 heterocycles. The van der Waals surface area contributed by atoms with Crippen molar-refractivity contribution in [1.82, 2.24) is 14.9 Å². The highest BCUT2D eigenvalue weighted by atomic mass is 15.1. The van der Waals surface area contributed by atoms with Gasteiger partial charge in [-0.15, -0.1) is 0 Å². The van der Waals surface area contributed by atoms with Crippen molar-refractivity contribution in [3.8, 4) is 0 Å². The fraction of sp³-hybridized carbons (Fsp3) is 0.500. The van der Waals surface area contributed by atoms with Crippen LogP contribution >= 0.6 is 0 Å². The highest BCUT2D eigenvalue weighted by molar-refractivity contribution is 5.74. The largest absolute Gasteiger partial charge is 0.345 e. The second-order valence-corrected chi connectivity index (χ2v) is 5.21. The number of likely N-dealkylation sites (tertiary alicyclic amines) is 1. The van der Waals surface area contributed by atoms with Crippen LogP contribution in [0.5, 0.6) is 0 Å². The average Bonchev–Trinajstić information content (AvgIpc) is 2.79. The third-order valence-electron chi connectivity index (χ3n) is 3.77. The molecule has 0 unspecified atom stereocenters. The van der Waals surface area contributed by atoms with Crippen molar-refractivity contribution >= 4 is 11.0 Å². The number of rotatable bonds is 2. The first-order chi connectivity index (χ1) is 8.31. The molecule has 1 saturated heterocycles. The molecular weight excluding hydrogens is 210 g/mol. The zero-order valence-corrected chi connectivity index (χ0v) is 10.3. The quantitative estimate of drug-likeness (QED) is 0.858. The third-order valence-corrected chi connectivity index (χ3v) is 3.77. The van der Waals surface area contributed by atoms with E-state index in [0.29, 0.717) is 0 Å². The molecule has 90 valence electrons. The molecular formula is C14H19N3. The van der Waals surface area contributed by atoms with Crippen molar-refractivity contribution in [3.63, 3.8) is 0 Å². The predicted octanol–water partition coefficient (Wildman–Crippen LogP) is 2.79. The molecule has 1 aliphatic rings. The van der Waals surface area contributed by atoms with E-state index in [1.165, 1.54) is 31.5 Å². The summed E-state index contributed by atoms with van der Waals surface area (Å²) in [5, 5.41) is 0. The average molecular weight is 229 g/mol. The Labute approximate surface area is 102 Å². The number of fused-ring (bicyclic) bond motifs is 1. The van der Waals surface area contributed by atoms with Crippen LogP contribution in [-0.2, 0) is 6.54 Å². The van der Waals surface area contributed by atoms with Gasteiger partial charge >= 0.3 is 0 Å². The number of nitrogens with zero attached hydrogens (tertiary/aromatic N) is 2. The van der Waals surface area contributed by atoms with Gasteiger partial charge in [0, 0.05) is 6.54 Å². The number of hydrogen-bond acceptors (Lipinski definition) is 2. The predicted molar refractivity (Wildman–Crippen MR) is 69.8 cm³/mol. The summed E-state index contributed by atoms with van der Waals surface area (Å²) in [5.41, 5.74) is 3.59. The fourth-order valence-corrected chi connectivity index (χ4v) is 2.56. The van der Waals surface area contributed by atoms with Crippen molar-refractivity contribution in [1.29, 1.82) is 0 Å². The molecule has 0 aliphatic carbocycles. The van der Waals surface area contributed by atoms with Gasteiger partial charge in [0.25, 0.3) is 0 Å². The number of imidazole rings is 1. The molecule has 1 aromatic heterocycles. The normalized spacial score (nSPS) is 18.9. The number of piperidine rings is 1. The molecule has 1 fully saturated rings. The molecule has 0 radical (unpaired) electrons. The Morgan fingerprint density at radius 2 is 2.18 bits per heavy atom. The summed E-state index contributed by atoms with van der Waals surface area (Å²) in [6, 6.07) is 6.52. The van der Waals surface area contributed by atoms with Gasteiger partial charge in [-0.2, -0.15) is 0 Å². The highest BCUT2D eigenvalue weighted by Gasteiger charge is 2.15. The number of aromatic nitrogens is 2. The maximum Gasteiger partial charge on any atom is 0.0931 e. The van der Waals surface area contributed by atoms with Gasteiger partial charge < -0.3 is 4.98 Å². The number of benzene rings is 1. The van der Waals surface area contributed by atoms with Crippen molar-refractivity contribution in [3.05, 3.63) is 30.1 Å². The van der Waals surface area contributed by atoms with E-state index in [0.717, 1.165) is 23.5 Å². The minimum Gasteiger partial charge on any atom is -0.345 e. The molecule has 1 aromatic carbocycles. The van der Waals surface area contributed by atoms with E-state index in [4.69, 9.17) is 0 Å². The molecule has 0 spiro atoms. The van der Waals surface area contributed by atoms with Crippen LogP contribution in [0.3, 0.4) is 0 Å². The van der Waals surface area contributed by atoms with Gasteiger partial charge in [-0.05, 0) is 49.5 Å². The summed E-state index contributed by atoms with van der Waals surface area (Å²) in [6.07, 6.45) is 4.44.